The summed E-state index contributed by atoms with van der Waals surface area (Å²) in [6.07, 6.45) is 3.56. The number of carbonyl (C=O) groups is 1. The highest BCUT2D eigenvalue weighted by Crippen LogP contribution is 2.18. The topological polar surface area (TPSA) is 71.2 Å². The molecule has 1 amide bonds. The number of hydrogen-bond donors (Lipinski definition) is 2. The quantitative estimate of drug-likeness (QED) is 0.632. The van der Waals surface area contributed by atoms with Gasteiger partial charge < -0.3 is 10.3 Å². The highest BCUT2D eigenvalue weighted by molar-refractivity contribution is 6.06. The Hall–Kier alpha value is -2.40. The smallest absolute Gasteiger partial charge is 0.258 e. The summed E-state index contributed by atoms with van der Waals surface area (Å²) in [5.41, 5.74) is 3.93. The van der Waals surface area contributed by atoms with E-state index in [9.17, 15) is 4.79 Å². The second-order valence-electron chi connectivity index (χ2n) is 4.72. The molecule has 3 N–H and O–H groups in total. The van der Waals surface area contributed by atoms with E-state index in [0.717, 1.165) is 18.5 Å². The molecule has 0 spiro atoms. The molecule has 0 unspecified atom stereocenters. The molecule has 110 valence electrons. The molecule has 0 aliphatic carbocycles. The lowest BCUT2D eigenvalue weighted by Gasteiger charge is -2.23. The van der Waals surface area contributed by atoms with E-state index in [0.29, 0.717) is 17.9 Å². The second kappa shape index (κ2) is 7.40. The van der Waals surface area contributed by atoms with Gasteiger partial charge in [-0.15, -0.1) is 0 Å². The van der Waals surface area contributed by atoms with Crippen molar-refractivity contribution in [3.8, 4) is 0 Å². The number of nitrogen functional groups attached to an aromatic ring is 1. The molecule has 0 atom stereocenters. The first-order valence-corrected chi connectivity index (χ1v) is 7.06. The molecule has 0 fully saturated rings. The maximum Gasteiger partial charge on any atom is 0.258 e. The Morgan fingerprint density at radius 3 is 2.71 bits per heavy atom. The van der Waals surface area contributed by atoms with E-state index in [-0.39, 0.29) is 5.91 Å². The zero-order valence-electron chi connectivity index (χ0n) is 12.1. The first kappa shape index (κ1) is 15.0. The van der Waals surface area contributed by atoms with Crippen LogP contribution in [0.5, 0.6) is 0 Å². The van der Waals surface area contributed by atoms with Gasteiger partial charge in [-0.2, -0.15) is 0 Å². The summed E-state index contributed by atoms with van der Waals surface area (Å²) in [4.78, 5) is 18.6. The molecule has 2 rings (SSSR count). The Kier molecular flexibility index (Phi) is 5.29. The maximum absolute atomic E-state index is 12.7. The number of nitrogens with one attached hydrogen (secondary N) is 1. The first-order chi connectivity index (χ1) is 10.3. The van der Waals surface area contributed by atoms with Gasteiger partial charge in [0, 0.05) is 24.0 Å². The Labute approximate surface area is 124 Å². The standard InChI is InChI=1S/C16H20N4O/c1-2-3-11-20(14-7-5-4-6-8-14)16(21)13-9-10-18-15(12-13)19-17/h4-10,12H,2-3,11,17H2,1H3,(H,18,19). The third kappa shape index (κ3) is 3.79. The zero-order chi connectivity index (χ0) is 15.1. The van der Waals surface area contributed by atoms with E-state index in [4.69, 9.17) is 5.84 Å². The van der Waals surface area contributed by atoms with Crippen LogP contribution in [0.3, 0.4) is 0 Å². The monoisotopic (exact) mass is 284 g/mol. The molecule has 0 aliphatic rings. The lowest BCUT2D eigenvalue weighted by atomic mass is 10.2. The number of hydrazine groups is 1. The van der Waals surface area contributed by atoms with E-state index < -0.39 is 0 Å². The zero-order valence-corrected chi connectivity index (χ0v) is 12.1. The van der Waals surface area contributed by atoms with Crippen molar-refractivity contribution in [2.75, 3.05) is 16.9 Å². The fraction of sp³-hybridized carbons (Fsp3) is 0.250. The number of pyridine rings is 1. The molecule has 5 nitrogen and oxygen atoms in total. The number of carbonyl (C=O) groups excluding carboxylic acids is 1. The molecule has 0 saturated carbocycles. The SMILES string of the molecule is CCCCN(C(=O)c1ccnc(NN)c1)c1ccccc1. The Balaban J connectivity index is 2.29. The van der Waals surface area contributed by atoms with Crippen molar-refractivity contribution in [2.24, 2.45) is 5.84 Å². The second-order valence-corrected chi connectivity index (χ2v) is 4.72. The number of amides is 1. The molecular weight excluding hydrogens is 264 g/mol. The molecule has 1 heterocycles. The fourth-order valence-electron chi connectivity index (χ4n) is 2.07. The summed E-state index contributed by atoms with van der Waals surface area (Å²) in [6.45, 7) is 2.80. The van der Waals surface area contributed by atoms with Crippen LogP contribution in [0.4, 0.5) is 11.5 Å². The predicted octanol–water partition coefficient (Wildman–Crippen LogP) is 2.81. The Morgan fingerprint density at radius 1 is 1.29 bits per heavy atom. The molecule has 1 aromatic heterocycles. The number of para-hydroxylation sites is 1. The third-order valence-corrected chi connectivity index (χ3v) is 3.20. The minimum Gasteiger partial charge on any atom is -0.308 e. The number of hydrogen-bond acceptors (Lipinski definition) is 4. The van der Waals surface area contributed by atoms with Gasteiger partial charge in [-0.1, -0.05) is 31.5 Å². The van der Waals surface area contributed by atoms with E-state index in [1.54, 1.807) is 23.2 Å². The molecule has 0 aliphatic heterocycles. The van der Waals surface area contributed by atoms with Crippen molar-refractivity contribution in [1.82, 2.24) is 4.98 Å². The lowest BCUT2D eigenvalue weighted by Crippen LogP contribution is -2.32. The number of nitrogens with two attached hydrogens (primary N) is 1. The van der Waals surface area contributed by atoms with Crippen LogP contribution in [0.25, 0.3) is 0 Å². The summed E-state index contributed by atoms with van der Waals surface area (Å²) in [5.74, 6) is 5.78. The number of unbranched alkanes of at least 4 members (excludes halogenated alkanes) is 1. The minimum atomic E-state index is -0.0476. The fourth-order valence-corrected chi connectivity index (χ4v) is 2.07. The van der Waals surface area contributed by atoms with Gasteiger partial charge in [-0.05, 0) is 30.7 Å². The van der Waals surface area contributed by atoms with E-state index in [1.807, 2.05) is 30.3 Å². The number of nitrogens with zero attached hydrogens (tertiary/aromatic N) is 2. The van der Waals surface area contributed by atoms with E-state index >= 15 is 0 Å². The minimum absolute atomic E-state index is 0.0476. The highest BCUT2D eigenvalue weighted by Gasteiger charge is 2.17. The van der Waals surface area contributed by atoms with Crippen molar-refractivity contribution in [3.63, 3.8) is 0 Å². The molecule has 0 radical (unpaired) electrons. The summed E-state index contributed by atoms with van der Waals surface area (Å²) < 4.78 is 0. The molecule has 0 bridgehead atoms. The summed E-state index contributed by atoms with van der Waals surface area (Å²) in [7, 11) is 0. The van der Waals surface area contributed by atoms with Gasteiger partial charge >= 0.3 is 0 Å². The Bertz CT molecular complexity index is 586. The van der Waals surface area contributed by atoms with Crippen molar-refractivity contribution in [2.45, 2.75) is 19.8 Å². The van der Waals surface area contributed by atoms with Gasteiger partial charge in [0.15, 0.2) is 0 Å². The van der Waals surface area contributed by atoms with Crippen LogP contribution < -0.4 is 16.2 Å². The normalized spacial score (nSPS) is 10.2. The van der Waals surface area contributed by atoms with Crippen LogP contribution in [0, 0.1) is 0 Å². The maximum atomic E-state index is 12.7. The van der Waals surface area contributed by atoms with Crippen LogP contribution in [0.2, 0.25) is 0 Å². The van der Waals surface area contributed by atoms with Crippen molar-refractivity contribution in [3.05, 3.63) is 54.2 Å². The molecule has 1 aromatic carbocycles. The molecule has 2 aromatic rings. The number of anilines is 2. The average molecular weight is 284 g/mol. The summed E-state index contributed by atoms with van der Waals surface area (Å²) >= 11 is 0. The van der Waals surface area contributed by atoms with Crippen LogP contribution >= 0.6 is 0 Å². The molecular formula is C16H20N4O. The molecule has 21 heavy (non-hydrogen) atoms. The van der Waals surface area contributed by atoms with Crippen molar-refractivity contribution in [1.29, 1.82) is 0 Å². The summed E-state index contributed by atoms with van der Waals surface area (Å²) in [6, 6.07) is 13.0. The van der Waals surface area contributed by atoms with Gasteiger partial charge in [0.25, 0.3) is 5.91 Å². The van der Waals surface area contributed by atoms with Crippen LogP contribution in [-0.2, 0) is 0 Å². The van der Waals surface area contributed by atoms with Crippen molar-refractivity contribution < 1.29 is 4.79 Å². The number of benzene rings is 1. The average Bonchev–Trinajstić information content (AvgIpc) is 2.56. The van der Waals surface area contributed by atoms with Gasteiger partial charge in [0.1, 0.15) is 5.82 Å². The lowest BCUT2D eigenvalue weighted by molar-refractivity contribution is 0.0986. The number of aromatic nitrogens is 1. The predicted molar refractivity (Wildman–Crippen MR) is 85.1 cm³/mol. The van der Waals surface area contributed by atoms with E-state index in [2.05, 4.69) is 17.3 Å². The van der Waals surface area contributed by atoms with Crippen LogP contribution in [-0.4, -0.2) is 17.4 Å². The van der Waals surface area contributed by atoms with Gasteiger partial charge in [-0.25, -0.2) is 10.8 Å². The Morgan fingerprint density at radius 2 is 2.05 bits per heavy atom. The largest absolute Gasteiger partial charge is 0.308 e. The summed E-state index contributed by atoms with van der Waals surface area (Å²) in [5, 5.41) is 0. The molecule has 0 saturated heterocycles. The van der Waals surface area contributed by atoms with Gasteiger partial charge in [0.2, 0.25) is 0 Å². The third-order valence-electron chi connectivity index (χ3n) is 3.20. The van der Waals surface area contributed by atoms with Crippen LogP contribution in [0.1, 0.15) is 30.1 Å². The van der Waals surface area contributed by atoms with Crippen molar-refractivity contribution >= 4 is 17.4 Å². The van der Waals surface area contributed by atoms with Gasteiger partial charge in [-0.3, -0.25) is 4.79 Å². The molecule has 5 heteroatoms. The first-order valence-electron chi connectivity index (χ1n) is 7.06. The number of rotatable bonds is 6. The van der Waals surface area contributed by atoms with E-state index in [1.165, 1.54) is 0 Å². The van der Waals surface area contributed by atoms with Gasteiger partial charge in [0.05, 0.1) is 0 Å². The van der Waals surface area contributed by atoms with Crippen LogP contribution in [0.15, 0.2) is 48.7 Å². The highest BCUT2D eigenvalue weighted by atomic mass is 16.2.